The molecule has 6 heteroatoms. The van der Waals surface area contributed by atoms with Crippen molar-refractivity contribution in [3.8, 4) is 0 Å². The van der Waals surface area contributed by atoms with Gasteiger partial charge in [-0.2, -0.15) is 0 Å². The molecule has 0 spiro atoms. The summed E-state index contributed by atoms with van der Waals surface area (Å²) in [6, 6.07) is 8.20. The zero-order valence-corrected chi connectivity index (χ0v) is 13.4. The summed E-state index contributed by atoms with van der Waals surface area (Å²) in [5, 5.41) is 0. The molecule has 0 saturated carbocycles. The minimum Gasteiger partial charge on any atom is -0.337 e. The molecule has 122 valence electrons. The maximum absolute atomic E-state index is 12.4. The highest BCUT2D eigenvalue weighted by molar-refractivity contribution is 5.92. The molecule has 0 bridgehead atoms. The topological polar surface area (TPSA) is 63.9 Å². The molecule has 1 aliphatic rings. The highest BCUT2D eigenvalue weighted by atomic mass is 16.2. The van der Waals surface area contributed by atoms with Gasteiger partial charge in [-0.1, -0.05) is 12.1 Å². The van der Waals surface area contributed by atoms with Crippen LogP contribution in [0.3, 0.4) is 0 Å². The minimum atomic E-state index is -0.0189. The minimum absolute atomic E-state index is 0.0189. The monoisotopic (exact) mass is 321 g/mol. The number of benzene rings is 1. The molecule has 1 aromatic carbocycles. The molecule has 1 saturated heterocycles. The second-order valence-electron chi connectivity index (χ2n) is 6.21. The summed E-state index contributed by atoms with van der Waals surface area (Å²) in [5.41, 5.74) is 2.64. The maximum atomic E-state index is 12.4. The van der Waals surface area contributed by atoms with Crippen LogP contribution in [0.1, 0.15) is 23.3 Å². The molecule has 1 fully saturated rings. The van der Waals surface area contributed by atoms with Crippen molar-refractivity contribution in [1.82, 2.24) is 24.4 Å². The molecule has 0 N–H and O–H groups in total. The van der Waals surface area contributed by atoms with E-state index in [0.29, 0.717) is 11.6 Å². The van der Waals surface area contributed by atoms with Crippen LogP contribution >= 0.6 is 0 Å². The first-order valence-corrected chi connectivity index (χ1v) is 8.26. The van der Waals surface area contributed by atoms with Crippen molar-refractivity contribution < 1.29 is 4.79 Å². The Morgan fingerprint density at radius 2 is 1.96 bits per heavy atom. The Morgan fingerprint density at radius 1 is 1.12 bits per heavy atom. The number of fused-ring (bicyclic) bond motifs is 1. The van der Waals surface area contributed by atoms with Gasteiger partial charge in [0.15, 0.2) is 0 Å². The van der Waals surface area contributed by atoms with E-state index in [9.17, 15) is 4.79 Å². The Bertz CT molecular complexity index is 837. The third kappa shape index (κ3) is 2.87. The number of rotatable bonds is 3. The van der Waals surface area contributed by atoms with Crippen molar-refractivity contribution in [3.63, 3.8) is 0 Å². The second kappa shape index (κ2) is 6.39. The second-order valence-corrected chi connectivity index (χ2v) is 6.21. The van der Waals surface area contributed by atoms with Crippen molar-refractivity contribution in [1.29, 1.82) is 0 Å². The quantitative estimate of drug-likeness (QED) is 0.743. The Hall–Kier alpha value is -2.76. The van der Waals surface area contributed by atoms with Gasteiger partial charge in [0, 0.05) is 32.0 Å². The Morgan fingerprint density at radius 3 is 2.75 bits per heavy atom. The van der Waals surface area contributed by atoms with E-state index in [4.69, 9.17) is 0 Å². The van der Waals surface area contributed by atoms with Gasteiger partial charge in [-0.05, 0) is 30.9 Å². The molecule has 4 rings (SSSR count). The fraction of sp³-hybridized carbons (Fsp3) is 0.333. The van der Waals surface area contributed by atoms with Crippen LogP contribution in [-0.4, -0.2) is 43.4 Å². The lowest BCUT2D eigenvalue weighted by atomic mass is 9.96. The molecule has 2 aromatic heterocycles. The number of amides is 1. The largest absolute Gasteiger partial charge is 0.337 e. The first-order chi connectivity index (χ1) is 11.8. The number of imidazole rings is 1. The molecule has 0 radical (unpaired) electrons. The molecular weight excluding hydrogens is 302 g/mol. The van der Waals surface area contributed by atoms with Crippen LogP contribution in [0, 0.1) is 5.92 Å². The van der Waals surface area contributed by atoms with Crippen molar-refractivity contribution in [2.45, 2.75) is 19.4 Å². The van der Waals surface area contributed by atoms with Crippen LogP contribution in [-0.2, 0) is 6.54 Å². The van der Waals surface area contributed by atoms with Gasteiger partial charge in [-0.15, -0.1) is 0 Å². The average Bonchev–Trinajstić information content (AvgIpc) is 3.06. The van der Waals surface area contributed by atoms with E-state index in [1.807, 2.05) is 29.4 Å². The predicted molar refractivity (Wildman–Crippen MR) is 90.4 cm³/mol. The third-order valence-corrected chi connectivity index (χ3v) is 4.67. The number of nitrogens with zero attached hydrogens (tertiary/aromatic N) is 5. The van der Waals surface area contributed by atoms with Crippen LogP contribution in [0.5, 0.6) is 0 Å². The summed E-state index contributed by atoms with van der Waals surface area (Å²) in [7, 11) is 0. The summed E-state index contributed by atoms with van der Waals surface area (Å²) in [6.45, 7) is 2.49. The first kappa shape index (κ1) is 14.8. The van der Waals surface area contributed by atoms with Crippen molar-refractivity contribution in [3.05, 3.63) is 54.9 Å². The first-order valence-electron chi connectivity index (χ1n) is 8.26. The van der Waals surface area contributed by atoms with Crippen molar-refractivity contribution in [2.24, 2.45) is 5.92 Å². The highest BCUT2D eigenvalue weighted by Gasteiger charge is 2.24. The molecule has 0 unspecified atom stereocenters. The fourth-order valence-electron chi connectivity index (χ4n) is 3.32. The molecule has 24 heavy (non-hydrogen) atoms. The summed E-state index contributed by atoms with van der Waals surface area (Å²) >= 11 is 0. The standard InChI is InChI=1S/C18H19N5O/c24-18(16-11-19-7-8-20-16)22-9-5-14(6-10-22)12-23-13-21-15-3-1-2-4-17(15)23/h1-4,7-8,11,13-14H,5-6,9-10,12H2. The molecule has 1 amide bonds. The van der Waals surface area contributed by atoms with E-state index in [0.717, 1.165) is 38.0 Å². The van der Waals surface area contributed by atoms with Gasteiger partial charge >= 0.3 is 0 Å². The third-order valence-electron chi connectivity index (χ3n) is 4.67. The van der Waals surface area contributed by atoms with E-state index < -0.39 is 0 Å². The smallest absolute Gasteiger partial charge is 0.274 e. The van der Waals surface area contributed by atoms with Gasteiger partial charge in [0.05, 0.1) is 23.6 Å². The number of hydrogen-bond acceptors (Lipinski definition) is 4. The molecular formula is C18H19N5O. The van der Waals surface area contributed by atoms with E-state index in [2.05, 4.69) is 25.6 Å². The number of aromatic nitrogens is 4. The van der Waals surface area contributed by atoms with Crippen LogP contribution in [0.2, 0.25) is 0 Å². The highest BCUT2D eigenvalue weighted by Crippen LogP contribution is 2.22. The molecule has 1 aliphatic heterocycles. The number of hydrogen-bond donors (Lipinski definition) is 0. The predicted octanol–water partition coefficient (Wildman–Crippen LogP) is 2.38. The number of likely N-dealkylation sites (tertiary alicyclic amines) is 1. The van der Waals surface area contributed by atoms with Gasteiger partial charge in [0.2, 0.25) is 0 Å². The number of carbonyl (C=O) groups excluding carboxylic acids is 1. The maximum Gasteiger partial charge on any atom is 0.274 e. The lowest BCUT2D eigenvalue weighted by Crippen LogP contribution is -2.39. The summed E-state index contributed by atoms with van der Waals surface area (Å²) < 4.78 is 2.22. The van der Waals surface area contributed by atoms with Gasteiger partial charge in [-0.25, -0.2) is 9.97 Å². The molecule has 0 atom stereocenters. The van der Waals surface area contributed by atoms with Crippen molar-refractivity contribution in [2.75, 3.05) is 13.1 Å². The number of para-hydroxylation sites is 2. The SMILES string of the molecule is O=C(c1cnccn1)N1CCC(Cn2cnc3ccccc32)CC1. The molecule has 6 nitrogen and oxygen atoms in total. The number of carbonyl (C=O) groups is 1. The van der Waals surface area contributed by atoms with Crippen LogP contribution in [0.15, 0.2) is 49.2 Å². The van der Waals surface area contributed by atoms with E-state index in [1.165, 1.54) is 11.7 Å². The Labute approximate surface area is 140 Å². The van der Waals surface area contributed by atoms with Gasteiger partial charge in [0.1, 0.15) is 5.69 Å². The zero-order valence-electron chi connectivity index (χ0n) is 13.4. The van der Waals surface area contributed by atoms with E-state index in [1.54, 1.807) is 12.4 Å². The van der Waals surface area contributed by atoms with E-state index in [-0.39, 0.29) is 5.91 Å². The lowest BCUT2D eigenvalue weighted by molar-refractivity contribution is 0.0677. The normalized spacial score (nSPS) is 15.8. The molecule has 0 aliphatic carbocycles. The molecule has 3 heterocycles. The zero-order chi connectivity index (χ0) is 16.4. The molecule has 3 aromatic rings. The van der Waals surface area contributed by atoms with Crippen LogP contribution in [0.25, 0.3) is 11.0 Å². The van der Waals surface area contributed by atoms with Crippen molar-refractivity contribution >= 4 is 16.9 Å². The van der Waals surface area contributed by atoms with Gasteiger partial charge in [0.25, 0.3) is 5.91 Å². The van der Waals surface area contributed by atoms with Crippen LogP contribution in [0.4, 0.5) is 0 Å². The van der Waals surface area contributed by atoms with E-state index >= 15 is 0 Å². The summed E-state index contributed by atoms with van der Waals surface area (Å²) in [6.07, 6.45) is 8.59. The van der Waals surface area contributed by atoms with Crippen LogP contribution < -0.4 is 0 Å². The number of piperidine rings is 1. The average molecular weight is 321 g/mol. The Kier molecular flexibility index (Phi) is 3.94. The van der Waals surface area contributed by atoms with Gasteiger partial charge < -0.3 is 9.47 Å². The Balaban J connectivity index is 1.39. The van der Waals surface area contributed by atoms with Gasteiger partial charge in [-0.3, -0.25) is 9.78 Å². The fourth-order valence-corrected chi connectivity index (χ4v) is 3.32. The summed E-state index contributed by atoms with van der Waals surface area (Å²) in [5.74, 6) is 0.545. The summed E-state index contributed by atoms with van der Waals surface area (Å²) in [4.78, 5) is 26.8. The lowest BCUT2D eigenvalue weighted by Gasteiger charge is -2.32.